The summed E-state index contributed by atoms with van der Waals surface area (Å²) in [6.45, 7) is 0.178. The van der Waals surface area contributed by atoms with Crippen LogP contribution in [0.25, 0.3) is 6.08 Å². The highest BCUT2D eigenvalue weighted by molar-refractivity contribution is 5.91. The largest absolute Gasteiger partial charge is 0.395 e. The summed E-state index contributed by atoms with van der Waals surface area (Å²) in [6, 6.07) is 5.88. The molecule has 1 aromatic rings. The lowest BCUT2D eigenvalue weighted by Gasteiger charge is -2.12. The van der Waals surface area contributed by atoms with Crippen molar-refractivity contribution in [1.82, 2.24) is 4.90 Å². The second-order valence-electron chi connectivity index (χ2n) is 3.67. The number of nitrogens with zero attached hydrogens (tertiary/aromatic N) is 2. The van der Waals surface area contributed by atoms with E-state index in [1.807, 2.05) is 0 Å². The van der Waals surface area contributed by atoms with Gasteiger partial charge in [-0.2, -0.15) is 0 Å². The summed E-state index contributed by atoms with van der Waals surface area (Å²) in [5.41, 5.74) is 0.710. The van der Waals surface area contributed by atoms with Crippen LogP contribution in [-0.2, 0) is 4.79 Å². The highest BCUT2D eigenvalue weighted by Gasteiger charge is 2.04. The Kier molecular flexibility index (Phi) is 5.01. The molecule has 0 aliphatic carbocycles. The first kappa shape index (κ1) is 13.9. The maximum atomic E-state index is 11.5. The molecular formula is C12H14N2O4. The van der Waals surface area contributed by atoms with Crippen LogP contribution < -0.4 is 0 Å². The molecule has 0 spiro atoms. The molecule has 0 aliphatic heterocycles. The zero-order valence-electron chi connectivity index (χ0n) is 9.94. The molecule has 1 amide bonds. The first-order chi connectivity index (χ1) is 8.54. The Bertz CT molecular complexity index is 454. The minimum Gasteiger partial charge on any atom is -0.395 e. The number of non-ortho nitro benzene ring substituents is 1. The second kappa shape index (κ2) is 6.51. The Labute approximate surface area is 104 Å². The van der Waals surface area contributed by atoms with Gasteiger partial charge < -0.3 is 10.0 Å². The fourth-order valence-electron chi connectivity index (χ4n) is 1.26. The Hall–Kier alpha value is -2.21. The van der Waals surface area contributed by atoms with Crippen LogP contribution >= 0.6 is 0 Å². The average Bonchev–Trinajstić information content (AvgIpc) is 2.36. The fourth-order valence-corrected chi connectivity index (χ4v) is 1.26. The number of nitro groups is 1. The van der Waals surface area contributed by atoms with Gasteiger partial charge in [0.1, 0.15) is 0 Å². The highest BCUT2D eigenvalue weighted by Crippen LogP contribution is 2.12. The molecule has 0 unspecified atom stereocenters. The van der Waals surface area contributed by atoms with Crippen LogP contribution in [0, 0.1) is 10.1 Å². The minimum atomic E-state index is -0.478. The van der Waals surface area contributed by atoms with E-state index < -0.39 is 4.92 Å². The van der Waals surface area contributed by atoms with Crippen molar-refractivity contribution < 1.29 is 14.8 Å². The summed E-state index contributed by atoms with van der Waals surface area (Å²) in [4.78, 5) is 22.8. The Morgan fingerprint density at radius 2 is 2.06 bits per heavy atom. The first-order valence-corrected chi connectivity index (χ1v) is 5.33. The molecule has 1 N–H and O–H groups in total. The van der Waals surface area contributed by atoms with Crippen LogP contribution in [0.15, 0.2) is 30.3 Å². The standard InChI is InChI=1S/C12H14N2O4/c1-13(8-9-15)12(16)7-4-10-2-5-11(6-3-10)14(17)18/h2-7,15H,8-9H2,1H3/b7-4+. The topological polar surface area (TPSA) is 83.7 Å². The van der Waals surface area contributed by atoms with E-state index in [0.29, 0.717) is 5.56 Å². The molecule has 0 radical (unpaired) electrons. The quantitative estimate of drug-likeness (QED) is 0.481. The number of carbonyl (C=O) groups excluding carboxylic acids is 1. The zero-order valence-corrected chi connectivity index (χ0v) is 9.94. The smallest absolute Gasteiger partial charge is 0.269 e. The molecule has 6 heteroatoms. The monoisotopic (exact) mass is 250 g/mol. The third-order valence-electron chi connectivity index (χ3n) is 2.33. The normalized spacial score (nSPS) is 10.6. The van der Waals surface area contributed by atoms with Gasteiger partial charge in [0.2, 0.25) is 5.91 Å². The lowest BCUT2D eigenvalue weighted by atomic mass is 10.2. The van der Waals surface area contributed by atoms with Gasteiger partial charge >= 0.3 is 0 Å². The Balaban J connectivity index is 2.67. The molecule has 96 valence electrons. The molecule has 0 aliphatic rings. The summed E-state index contributed by atoms with van der Waals surface area (Å²) in [5, 5.41) is 19.1. The van der Waals surface area contributed by atoms with Gasteiger partial charge in [-0.3, -0.25) is 14.9 Å². The van der Waals surface area contributed by atoms with Gasteiger partial charge in [-0.15, -0.1) is 0 Å². The van der Waals surface area contributed by atoms with Crippen LogP contribution in [0.5, 0.6) is 0 Å². The molecule has 0 fully saturated rings. The molecule has 0 aromatic heterocycles. The molecule has 0 saturated carbocycles. The van der Waals surface area contributed by atoms with Gasteiger partial charge in [0.05, 0.1) is 11.5 Å². The third-order valence-corrected chi connectivity index (χ3v) is 2.33. The van der Waals surface area contributed by atoms with E-state index >= 15 is 0 Å². The lowest BCUT2D eigenvalue weighted by molar-refractivity contribution is -0.384. The SMILES string of the molecule is CN(CCO)C(=O)/C=C/c1ccc([N+](=O)[O-])cc1. The van der Waals surface area contributed by atoms with Crippen LogP contribution in [0.2, 0.25) is 0 Å². The molecule has 0 heterocycles. The van der Waals surface area contributed by atoms with E-state index in [1.165, 1.54) is 23.1 Å². The fraction of sp³-hybridized carbons (Fsp3) is 0.250. The van der Waals surface area contributed by atoms with Gasteiger partial charge in [0.15, 0.2) is 0 Å². The summed E-state index contributed by atoms with van der Waals surface area (Å²) < 4.78 is 0. The zero-order chi connectivity index (χ0) is 13.5. The summed E-state index contributed by atoms with van der Waals surface area (Å²) in [6.07, 6.45) is 2.93. The van der Waals surface area contributed by atoms with Crippen molar-refractivity contribution in [2.75, 3.05) is 20.2 Å². The number of hydrogen-bond acceptors (Lipinski definition) is 4. The molecule has 0 saturated heterocycles. The number of carbonyl (C=O) groups is 1. The van der Waals surface area contributed by atoms with Crippen LogP contribution in [0.1, 0.15) is 5.56 Å². The van der Waals surface area contributed by atoms with Crippen molar-refractivity contribution in [3.05, 3.63) is 46.0 Å². The van der Waals surface area contributed by atoms with Crippen molar-refractivity contribution in [1.29, 1.82) is 0 Å². The number of nitro benzene ring substituents is 1. The third kappa shape index (κ3) is 3.99. The maximum absolute atomic E-state index is 11.5. The maximum Gasteiger partial charge on any atom is 0.269 e. The summed E-state index contributed by atoms with van der Waals surface area (Å²) in [7, 11) is 1.58. The molecule has 18 heavy (non-hydrogen) atoms. The number of hydrogen-bond donors (Lipinski definition) is 1. The van der Waals surface area contributed by atoms with E-state index in [1.54, 1.807) is 25.3 Å². The van der Waals surface area contributed by atoms with Crippen molar-refractivity contribution in [3.63, 3.8) is 0 Å². The van der Waals surface area contributed by atoms with E-state index in [0.717, 1.165) is 0 Å². The first-order valence-electron chi connectivity index (χ1n) is 5.33. The molecular weight excluding hydrogens is 236 g/mol. The Morgan fingerprint density at radius 1 is 1.44 bits per heavy atom. The number of aliphatic hydroxyl groups excluding tert-OH is 1. The predicted octanol–water partition coefficient (Wildman–Crippen LogP) is 1.06. The molecule has 0 atom stereocenters. The molecule has 0 bridgehead atoms. The average molecular weight is 250 g/mol. The van der Waals surface area contributed by atoms with Gasteiger partial charge in [-0.05, 0) is 23.8 Å². The summed E-state index contributed by atoms with van der Waals surface area (Å²) in [5.74, 6) is -0.234. The van der Waals surface area contributed by atoms with Crippen LogP contribution in [0.3, 0.4) is 0 Å². The van der Waals surface area contributed by atoms with Gasteiger partial charge in [-0.25, -0.2) is 0 Å². The highest BCUT2D eigenvalue weighted by atomic mass is 16.6. The number of aliphatic hydroxyl groups is 1. The number of likely N-dealkylation sites (N-methyl/N-ethyl adjacent to an activating group) is 1. The number of amides is 1. The van der Waals surface area contributed by atoms with E-state index in [4.69, 9.17) is 5.11 Å². The van der Waals surface area contributed by atoms with E-state index in [9.17, 15) is 14.9 Å². The van der Waals surface area contributed by atoms with Crippen LogP contribution in [-0.4, -0.2) is 41.0 Å². The summed E-state index contributed by atoms with van der Waals surface area (Å²) >= 11 is 0. The molecule has 1 aromatic carbocycles. The minimum absolute atomic E-state index is 0.0101. The lowest BCUT2D eigenvalue weighted by Crippen LogP contribution is -2.27. The van der Waals surface area contributed by atoms with Gasteiger partial charge in [0.25, 0.3) is 5.69 Å². The predicted molar refractivity (Wildman–Crippen MR) is 66.9 cm³/mol. The van der Waals surface area contributed by atoms with Gasteiger partial charge in [0, 0.05) is 31.8 Å². The molecule has 6 nitrogen and oxygen atoms in total. The Morgan fingerprint density at radius 3 is 2.56 bits per heavy atom. The van der Waals surface area contributed by atoms with Gasteiger partial charge in [-0.1, -0.05) is 0 Å². The van der Waals surface area contributed by atoms with Crippen molar-refractivity contribution in [2.24, 2.45) is 0 Å². The van der Waals surface area contributed by atoms with Crippen LogP contribution in [0.4, 0.5) is 5.69 Å². The number of rotatable bonds is 5. The second-order valence-corrected chi connectivity index (χ2v) is 3.67. The van der Waals surface area contributed by atoms with Crippen molar-refractivity contribution in [2.45, 2.75) is 0 Å². The van der Waals surface area contributed by atoms with E-state index in [-0.39, 0.29) is 24.7 Å². The van der Waals surface area contributed by atoms with Crippen molar-refractivity contribution >= 4 is 17.7 Å². The van der Waals surface area contributed by atoms with Crippen molar-refractivity contribution in [3.8, 4) is 0 Å². The van der Waals surface area contributed by atoms with E-state index in [2.05, 4.69) is 0 Å². The molecule has 1 rings (SSSR count). The number of benzene rings is 1.